The topological polar surface area (TPSA) is 33.0 Å². The summed E-state index contributed by atoms with van der Waals surface area (Å²) < 4.78 is 5.27. The molecule has 13 heavy (non-hydrogen) atoms. The highest BCUT2D eigenvalue weighted by atomic mass is 35.5. The van der Waals surface area contributed by atoms with Gasteiger partial charge < -0.3 is 4.74 Å². The van der Waals surface area contributed by atoms with Crippen molar-refractivity contribution < 1.29 is 4.74 Å². The number of rotatable bonds is 3. The van der Waals surface area contributed by atoms with E-state index >= 15 is 0 Å². The monoisotopic (exact) mass is 213 g/mol. The van der Waals surface area contributed by atoms with E-state index in [2.05, 4.69) is 12.6 Å². The van der Waals surface area contributed by atoms with E-state index in [1.807, 2.05) is 6.07 Å². The fraction of sp³-hybridized carbons (Fsp3) is 0.222. The molecule has 0 aliphatic carbocycles. The molecule has 0 radical (unpaired) electrons. The van der Waals surface area contributed by atoms with Gasteiger partial charge in [0, 0.05) is 5.75 Å². The lowest BCUT2D eigenvalue weighted by molar-refractivity contribution is 0.343. The first-order valence-electron chi connectivity index (χ1n) is 3.72. The van der Waals surface area contributed by atoms with Crippen LogP contribution in [0, 0.1) is 11.3 Å². The summed E-state index contributed by atoms with van der Waals surface area (Å²) in [6.07, 6.45) is 0. The predicted octanol–water partition coefficient (Wildman–Crippen LogP) is 2.52. The Labute approximate surface area is 87.5 Å². The van der Waals surface area contributed by atoms with Crippen LogP contribution in [0.5, 0.6) is 5.75 Å². The summed E-state index contributed by atoms with van der Waals surface area (Å²) in [7, 11) is 0. The number of nitriles is 1. The van der Waals surface area contributed by atoms with Crippen LogP contribution >= 0.6 is 24.2 Å². The Morgan fingerprint density at radius 1 is 1.54 bits per heavy atom. The van der Waals surface area contributed by atoms with Crippen LogP contribution in [0.15, 0.2) is 18.2 Å². The largest absolute Gasteiger partial charge is 0.491 e. The lowest BCUT2D eigenvalue weighted by Gasteiger charge is -2.06. The Morgan fingerprint density at radius 2 is 2.31 bits per heavy atom. The number of benzene rings is 1. The number of thiol groups is 1. The maximum Gasteiger partial charge on any atom is 0.138 e. The summed E-state index contributed by atoms with van der Waals surface area (Å²) in [5.41, 5.74) is 0.381. The summed E-state index contributed by atoms with van der Waals surface area (Å²) in [5.74, 6) is 1.13. The molecular formula is C9H8ClNOS. The molecule has 0 fully saturated rings. The third-order valence-electron chi connectivity index (χ3n) is 1.44. The van der Waals surface area contributed by atoms with Crippen molar-refractivity contribution in [3.05, 3.63) is 28.8 Å². The van der Waals surface area contributed by atoms with Gasteiger partial charge in [0.2, 0.25) is 0 Å². The molecule has 0 spiro atoms. The van der Waals surface area contributed by atoms with Crippen LogP contribution in [0.3, 0.4) is 0 Å². The Bertz CT molecular complexity index is 335. The first-order valence-corrected chi connectivity index (χ1v) is 4.73. The summed E-state index contributed by atoms with van der Waals surface area (Å²) in [6, 6.07) is 7.11. The van der Waals surface area contributed by atoms with E-state index in [-0.39, 0.29) is 0 Å². The van der Waals surface area contributed by atoms with Crippen LogP contribution in [0.2, 0.25) is 5.02 Å². The second-order valence-corrected chi connectivity index (χ2v) is 3.15. The molecule has 2 nitrogen and oxygen atoms in total. The molecular weight excluding hydrogens is 206 g/mol. The first-order chi connectivity index (χ1) is 6.29. The van der Waals surface area contributed by atoms with Gasteiger partial charge in [-0.05, 0) is 12.1 Å². The van der Waals surface area contributed by atoms with Crippen molar-refractivity contribution in [3.63, 3.8) is 0 Å². The van der Waals surface area contributed by atoms with Gasteiger partial charge in [0.15, 0.2) is 0 Å². The third kappa shape index (κ3) is 2.55. The molecule has 1 rings (SSSR count). The molecule has 1 aromatic rings. The van der Waals surface area contributed by atoms with Gasteiger partial charge in [-0.1, -0.05) is 17.7 Å². The summed E-state index contributed by atoms with van der Waals surface area (Å²) in [6.45, 7) is 0.470. The van der Waals surface area contributed by atoms with E-state index in [1.54, 1.807) is 18.2 Å². The van der Waals surface area contributed by atoms with Crippen LogP contribution in [0.4, 0.5) is 0 Å². The molecule has 1 aromatic carbocycles. The average Bonchev–Trinajstić information content (AvgIpc) is 2.15. The highest BCUT2D eigenvalue weighted by molar-refractivity contribution is 7.80. The van der Waals surface area contributed by atoms with Gasteiger partial charge in [0.25, 0.3) is 0 Å². The van der Waals surface area contributed by atoms with Crippen molar-refractivity contribution in [2.75, 3.05) is 12.4 Å². The Morgan fingerprint density at radius 3 is 2.92 bits per heavy atom. The third-order valence-corrected chi connectivity index (χ3v) is 1.93. The van der Waals surface area contributed by atoms with Crippen LogP contribution in [-0.4, -0.2) is 12.4 Å². The van der Waals surface area contributed by atoms with Crippen molar-refractivity contribution in [1.82, 2.24) is 0 Å². The molecule has 0 aromatic heterocycles. The number of hydrogen-bond donors (Lipinski definition) is 1. The molecule has 0 amide bonds. The van der Waals surface area contributed by atoms with E-state index in [0.717, 1.165) is 0 Å². The summed E-state index contributed by atoms with van der Waals surface area (Å²) >= 11 is 9.79. The second-order valence-electron chi connectivity index (χ2n) is 2.30. The van der Waals surface area contributed by atoms with Crippen molar-refractivity contribution in [3.8, 4) is 11.8 Å². The molecule has 0 saturated carbocycles. The molecule has 4 heteroatoms. The quantitative estimate of drug-likeness (QED) is 0.783. The molecule has 0 aliphatic rings. The number of hydrogen-bond acceptors (Lipinski definition) is 3. The number of ether oxygens (including phenoxy) is 1. The maximum absolute atomic E-state index is 8.77. The van der Waals surface area contributed by atoms with Gasteiger partial charge in [-0.25, -0.2) is 0 Å². The summed E-state index contributed by atoms with van der Waals surface area (Å²) in [4.78, 5) is 0. The molecule has 68 valence electrons. The molecule has 0 N–H and O–H groups in total. The van der Waals surface area contributed by atoms with Crippen LogP contribution < -0.4 is 4.74 Å². The normalized spacial score (nSPS) is 9.31. The SMILES string of the molecule is N#Cc1c(Cl)cccc1OCCS. The summed E-state index contributed by atoms with van der Waals surface area (Å²) in [5, 5.41) is 9.18. The van der Waals surface area contributed by atoms with E-state index < -0.39 is 0 Å². The fourth-order valence-electron chi connectivity index (χ4n) is 0.889. The molecule has 0 unspecified atom stereocenters. The zero-order valence-electron chi connectivity index (χ0n) is 6.83. The van der Waals surface area contributed by atoms with Gasteiger partial charge in [0.1, 0.15) is 17.4 Å². The van der Waals surface area contributed by atoms with Crippen LogP contribution in [0.25, 0.3) is 0 Å². The first kappa shape index (κ1) is 10.2. The molecule has 0 heterocycles. The number of nitrogens with zero attached hydrogens (tertiary/aromatic N) is 1. The van der Waals surface area contributed by atoms with E-state index in [9.17, 15) is 0 Å². The Balaban J connectivity index is 2.93. The maximum atomic E-state index is 8.77. The highest BCUT2D eigenvalue weighted by Gasteiger charge is 2.06. The highest BCUT2D eigenvalue weighted by Crippen LogP contribution is 2.25. The smallest absolute Gasteiger partial charge is 0.138 e. The fourth-order valence-corrected chi connectivity index (χ4v) is 1.19. The average molecular weight is 214 g/mol. The zero-order valence-corrected chi connectivity index (χ0v) is 8.48. The van der Waals surface area contributed by atoms with Crippen LogP contribution in [-0.2, 0) is 0 Å². The van der Waals surface area contributed by atoms with Crippen molar-refractivity contribution in [2.45, 2.75) is 0 Å². The minimum atomic E-state index is 0.381. The second kappa shape index (κ2) is 5.00. The lowest BCUT2D eigenvalue weighted by atomic mass is 10.2. The van der Waals surface area contributed by atoms with E-state index in [1.165, 1.54) is 0 Å². The lowest BCUT2D eigenvalue weighted by Crippen LogP contribution is -1.99. The van der Waals surface area contributed by atoms with E-state index in [0.29, 0.717) is 28.7 Å². The minimum Gasteiger partial charge on any atom is -0.491 e. The van der Waals surface area contributed by atoms with Crippen molar-refractivity contribution in [2.24, 2.45) is 0 Å². The van der Waals surface area contributed by atoms with Gasteiger partial charge in [-0.2, -0.15) is 17.9 Å². The van der Waals surface area contributed by atoms with Crippen molar-refractivity contribution >= 4 is 24.2 Å². The molecule has 0 bridgehead atoms. The zero-order chi connectivity index (χ0) is 9.68. The predicted molar refractivity (Wildman–Crippen MR) is 55.5 cm³/mol. The van der Waals surface area contributed by atoms with Gasteiger partial charge in [-0.15, -0.1) is 0 Å². The molecule has 0 aliphatic heterocycles. The van der Waals surface area contributed by atoms with Gasteiger partial charge in [-0.3, -0.25) is 0 Å². The standard InChI is InChI=1S/C9H8ClNOS/c10-8-2-1-3-9(7(8)6-11)12-4-5-13/h1-3,13H,4-5H2. The minimum absolute atomic E-state index is 0.381. The van der Waals surface area contributed by atoms with Crippen molar-refractivity contribution in [1.29, 1.82) is 5.26 Å². The van der Waals surface area contributed by atoms with Crippen LogP contribution in [0.1, 0.15) is 5.56 Å². The Kier molecular flexibility index (Phi) is 3.94. The Hall–Kier alpha value is -0.850. The van der Waals surface area contributed by atoms with E-state index in [4.69, 9.17) is 21.6 Å². The molecule has 0 saturated heterocycles. The van der Waals surface area contributed by atoms with Gasteiger partial charge in [0.05, 0.1) is 11.6 Å². The molecule has 0 atom stereocenters. The number of halogens is 1. The van der Waals surface area contributed by atoms with Gasteiger partial charge >= 0.3 is 0 Å².